The first-order chi connectivity index (χ1) is 6.56. The summed E-state index contributed by atoms with van der Waals surface area (Å²) in [5.41, 5.74) is 0. The van der Waals surface area contributed by atoms with E-state index in [2.05, 4.69) is 10.0 Å². The Hall–Kier alpha value is -0.170. The van der Waals surface area contributed by atoms with E-state index in [1.54, 1.807) is 7.05 Å². The molecule has 1 heterocycles. The maximum Gasteiger partial charge on any atom is 0.279 e. The first-order valence-electron chi connectivity index (χ1n) is 5.00. The fraction of sp³-hybridized carbons (Fsp3) is 1.00. The lowest BCUT2D eigenvalue weighted by molar-refractivity contribution is 0.407. The summed E-state index contributed by atoms with van der Waals surface area (Å²) in [6.45, 7) is 4.03. The van der Waals surface area contributed by atoms with Crippen LogP contribution in [0, 0.1) is 0 Å². The van der Waals surface area contributed by atoms with E-state index in [1.165, 1.54) is 4.31 Å². The third kappa shape index (κ3) is 3.20. The molecule has 84 valence electrons. The van der Waals surface area contributed by atoms with E-state index in [4.69, 9.17) is 0 Å². The maximum atomic E-state index is 11.6. The van der Waals surface area contributed by atoms with Crippen molar-refractivity contribution in [3.63, 3.8) is 0 Å². The van der Waals surface area contributed by atoms with E-state index in [0.717, 1.165) is 25.9 Å². The van der Waals surface area contributed by atoms with Crippen LogP contribution in [0.3, 0.4) is 0 Å². The Balaban J connectivity index is 2.49. The van der Waals surface area contributed by atoms with Crippen molar-refractivity contribution >= 4 is 10.2 Å². The van der Waals surface area contributed by atoms with Crippen molar-refractivity contribution in [3.8, 4) is 0 Å². The fourth-order valence-corrected chi connectivity index (χ4v) is 2.57. The van der Waals surface area contributed by atoms with Crippen LogP contribution >= 0.6 is 0 Å². The second-order valence-corrected chi connectivity index (χ2v) is 5.39. The summed E-state index contributed by atoms with van der Waals surface area (Å²) in [6.07, 6.45) is 1.95. The zero-order valence-electron chi connectivity index (χ0n) is 8.78. The Bertz CT molecular complexity index is 260. The first-order valence-corrected chi connectivity index (χ1v) is 6.44. The smallest absolute Gasteiger partial charge is 0.279 e. The summed E-state index contributed by atoms with van der Waals surface area (Å²) < 4.78 is 27.2. The molecule has 0 aromatic carbocycles. The van der Waals surface area contributed by atoms with Crippen molar-refractivity contribution in [3.05, 3.63) is 0 Å². The zero-order valence-corrected chi connectivity index (χ0v) is 9.60. The van der Waals surface area contributed by atoms with Crippen LogP contribution in [-0.4, -0.2) is 45.4 Å². The monoisotopic (exact) mass is 221 g/mol. The fourth-order valence-electron chi connectivity index (χ4n) is 1.42. The average molecular weight is 221 g/mol. The quantitative estimate of drug-likeness (QED) is 0.674. The van der Waals surface area contributed by atoms with Gasteiger partial charge >= 0.3 is 0 Å². The highest BCUT2D eigenvalue weighted by atomic mass is 32.2. The van der Waals surface area contributed by atoms with Gasteiger partial charge in [-0.25, -0.2) is 0 Å². The Morgan fingerprint density at radius 1 is 1.57 bits per heavy atom. The first kappa shape index (κ1) is 11.9. The van der Waals surface area contributed by atoms with Crippen LogP contribution in [0.5, 0.6) is 0 Å². The van der Waals surface area contributed by atoms with Crippen molar-refractivity contribution in [1.82, 2.24) is 14.3 Å². The summed E-state index contributed by atoms with van der Waals surface area (Å²) in [7, 11) is -1.68. The van der Waals surface area contributed by atoms with Gasteiger partial charge in [0.2, 0.25) is 0 Å². The molecule has 0 aromatic heterocycles. The van der Waals surface area contributed by atoms with Crippen LogP contribution < -0.4 is 10.0 Å². The van der Waals surface area contributed by atoms with E-state index in [0.29, 0.717) is 6.54 Å². The molecule has 0 spiro atoms. The van der Waals surface area contributed by atoms with Gasteiger partial charge in [-0.2, -0.15) is 17.4 Å². The Morgan fingerprint density at radius 3 is 2.79 bits per heavy atom. The van der Waals surface area contributed by atoms with Gasteiger partial charge in [0.05, 0.1) is 0 Å². The SMILES string of the molecule is CCN(C)S(=O)(=O)N[C@H]1CCCNC1. The van der Waals surface area contributed by atoms with Gasteiger partial charge < -0.3 is 5.32 Å². The molecular weight excluding hydrogens is 202 g/mol. The molecule has 0 aromatic rings. The molecule has 0 aliphatic carbocycles. The minimum absolute atomic E-state index is 0.0442. The summed E-state index contributed by atoms with van der Waals surface area (Å²) >= 11 is 0. The summed E-state index contributed by atoms with van der Waals surface area (Å²) in [4.78, 5) is 0. The van der Waals surface area contributed by atoms with Gasteiger partial charge in [0.1, 0.15) is 0 Å². The molecule has 0 unspecified atom stereocenters. The average Bonchev–Trinajstić information content (AvgIpc) is 2.17. The van der Waals surface area contributed by atoms with Crippen molar-refractivity contribution in [1.29, 1.82) is 0 Å². The van der Waals surface area contributed by atoms with E-state index in [-0.39, 0.29) is 6.04 Å². The molecule has 1 aliphatic rings. The molecule has 1 atom stereocenters. The Kier molecular flexibility index (Phi) is 4.31. The highest BCUT2D eigenvalue weighted by Crippen LogP contribution is 2.04. The van der Waals surface area contributed by atoms with E-state index < -0.39 is 10.2 Å². The molecule has 0 bridgehead atoms. The normalized spacial score (nSPS) is 24.1. The Labute approximate surface area is 86.0 Å². The van der Waals surface area contributed by atoms with Gasteiger partial charge in [0, 0.05) is 26.2 Å². The predicted molar refractivity (Wildman–Crippen MR) is 56.3 cm³/mol. The van der Waals surface area contributed by atoms with Gasteiger partial charge in [-0.15, -0.1) is 0 Å². The van der Waals surface area contributed by atoms with Gasteiger partial charge in [-0.05, 0) is 19.4 Å². The lowest BCUT2D eigenvalue weighted by Crippen LogP contribution is -2.49. The largest absolute Gasteiger partial charge is 0.315 e. The number of piperidine rings is 1. The number of hydrogen-bond acceptors (Lipinski definition) is 3. The standard InChI is InChI=1S/C8H19N3O2S/c1-3-11(2)14(12,13)10-8-5-4-6-9-7-8/h8-10H,3-7H2,1-2H3/t8-/m0/s1. The Morgan fingerprint density at radius 2 is 2.29 bits per heavy atom. The third-order valence-electron chi connectivity index (χ3n) is 2.47. The number of rotatable bonds is 4. The van der Waals surface area contributed by atoms with Gasteiger partial charge in [0.25, 0.3) is 10.2 Å². The van der Waals surface area contributed by atoms with Crippen molar-refractivity contribution in [2.24, 2.45) is 0 Å². The van der Waals surface area contributed by atoms with Gasteiger partial charge in [0.15, 0.2) is 0 Å². The van der Waals surface area contributed by atoms with Crippen LogP contribution in [0.25, 0.3) is 0 Å². The van der Waals surface area contributed by atoms with Crippen molar-refractivity contribution in [2.45, 2.75) is 25.8 Å². The third-order valence-corrected chi connectivity index (χ3v) is 4.18. The number of hydrogen-bond donors (Lipinski definition) is 2. The highest BCUT2D eigenvalue weighted by Gasteiger charge is 2.22. The molecule has 1 rings (SSSR count). The lowest BCUT2D eigenvalue weighted by Gasteiger charge is -2.25. The van der Waals surface area contributed by atoms with Gasteiger partial charge in [-0.1, -0.05) is 6.92 Å². The van der Waals surface area contributed by atoms with E-state index in [9.17, 15) is 8.42 Å². The molecule has 0 amide bonds. The second-order valence-electron chi connectivity index (χ2n) is 3.58. The van der Waals surface area contributed by atoms with E-state index in [1.807, 2.05) is 6.92 Å². The molecular formula is C8H19N3O2S. The topological polar surface area (TPSA) is 61.4 Å². The van der Waals surface area contributed by atoms with E-state index >= 15 is 0 Å². The molecule has 1 fully saturated rings. The maximum absolute atomic E-state index is 11.6. The van der Waals surface area contributed by atoms with Crippen LogP contribution in [0.2, 0.25) is 0 Å². The van der Waals surface area contributed by atoms with Gasteiger partial charge in [-0.3, -0.25) is 0 Å². The molecule has 0 radical (unpaired) electrons. The lowest BCUT2D eigenvalue weighted by atomic mass is 10.1. The van der Waals surface area contributed by atoms with Crippen LogP contribution in [0.1, 0.15) is 19.8 Å². The van der Waals surface area contributed by atoms with Crippen molar-refractivity contribution < 1.29 is 8.42 Å². The van der Waals surface area contributed by atoms with Crippen LogP contribution in [-0.2, 0) is 10.2 Å². The number of nitrogens with one attached hydrogen (secondary N) is 2. The molecule has 2 N–H and O–H groups in total. The summed E-state index contributed by atoms with van der Waals surface area (Å²) in [5, 5.41) is 3.17. The minimum atomic E-state index is -3.27. The van der Waals surface area contributed by atoms with Crippen LogP contribution in [0.15, 0.2) is 0 Å². The second kappa shape index (κ2) is 5.06. The highest BCUT2D eigenvalue weighted by molar-refractivity contribution is 7.87. The molecule has 14 heavy (non-hydrogen) atoms. The zero-order chi connectivity index (χ0) is 10.6. The van der Waals surface area contributed by atoms with Crippen molar-refractivity contribution in [2.75, 3.05) is 26.7 Å². The molecule has 5 nitrogen and oxygen atoms in total. The molecule has 0 saturated carbocycles. The minimum Gasteiger partial charge on any atom is -0.315 e. The molecule has 1 aliphatic heterocycles. The molecule has 6 heteroatoms. The number of nitrogens with zero attached hydrogens (tertiary/aromatic N) is 1. The van der Waals surface area contributed by atoms with Crippen LogP contribution in [0.4, 0.5) is 0 Å². The summed E-state index contributed by atoms with van der Waals surface area (Å²) in [6, 6.07) is 0.0442. The predicted octanol–water partition coefficient (Wildman–Crippen LogP) is -0.475. The molecule has 1 saturated heterocycles. The summed E-state index contributed by atoms with van der Waals surface area (Å²) in [5.74, 6) is 0.